The normalized spacial score (nSPS) is 19.6. The van der Waals surface area contributed by atoms with Gasteiger partial charge in [-0.2, -0.15) is 0 Å². The lowest BCUT2D eigenvalue weighted by atomic mass is 9.76. The van der Waals surface area contributed by atoms with Crippen LogP contribution in [-0.2, 0) is 5.41 Å². The van der Waals surface area contributed by atoms with Crippen molar-refractivity contribution in [3.05, 3.63) is 70.8 Å². The molecule has 2 aromatic rings. The van der Waals surface area contributed by atoms with Gasteiger partial charge in [0.1, 0.15) is 10.6 Å². The fourth-order valence-corrected chi connectivity index (χ4v) is 4.77. The number of rotatable bonds is 4. The third-order valence-electron chi connectivity index (χ3n) is 6.26. The Bertz CT molecular complexity index is 1290. The molecule has 4 rings (SSSR count). The van der Waals surface area contributed by atoms with Crippen LogP contribution in [0.4, 0.5) is 22.7 Å². The van der Waals surface area contributed by atoms with E-state index in [1.54, 1.807) is 18.0 Å². The van der Waals surface area contributed by atoms with E-state index in [0.29, 0.717) is 11.3 Å². The van der Waals surface area contributed by atoms with Crippen LogP contribution in [0.2, 0.25) is 5.02 Å². The van der Waals surface area contributed by atoms with Crippen LogP contribution in [0.3, 0.4) is 0 Å². The van der Waals surface area contributed by atoms with E-state index < -0.39 is 37.3 Å². The predicted octanol–water partition coefficient (Wildman–Crippen LogP) is 4.60. The summed E-state index contributed by atoms with van der Waals surface area (Å²) in [5, 5.41) is 34.5. The molecule has 2 aliphatic heterocycles. The molecule has 0 radical (unpaired) electrons. The minimum Gasteiger partial charge on any atom is -0.493 e. The zero-order valence-electron chi connectivity index (χ0n) is 17.8. The summed E-state index contributed by atoms with van der Waals surface area (Å²) in [7, 11) is 2.92. The molecule has 33 heavy (non-hydrogen) atoms. The van der Waals surface area contributed by atoms with E-state index in [-0.39, 0.29) is 27.8 Å². The molecule has 1 spiro atoms. The number of hydrogen-bond donors (Lipinski definition) is 0. The van der Waals surface area contributed by atoms with E-state index in [0.717, 1.165) is 6.07 Å². The van der Waals surface area contributed by atoms with Crippen molar-refractivity contribution in [1.82, 2.24) is 0 Å². The summed E-state index contributed by atoms with van der Waals surface area (Å²) >= 11 is 6.16. The minimum absolute atomic E-state index is 0.0405. The maximum absolute atomic E-state index is 11.7. The van der Waals surface area contributed by atoms with E-state index in [1.807, 2.05) is 13.8 Å². The van der Waals surface area contributed by atoms with E-state index in [4.69, 9.17) is 21.1 Å². The van der Waals surface area contributed by atoms with Gasteiger partial charge in [-0.15, -0.1) is 0 Å². The maximum Gasteiger partial charge on any atom is 0.357 e. The highest BCUT2D eigenvalue weighted by Crippen LogP contribution is 2.58. The average molecular weight is 477 g/mol. The summed E-state index contributed by atoms with van der Waals surface area (Å²) in [6.45, 7) is 3.66. The van der Waals surface area contributed by atoms with E-state index in [1.165, 1.54) is 25.3 Å². The first kappa shape index (κ1) is 22.3. The van der Waals surface area contributed by atoms with E-state index in [2.05, 4.69) is 0 Å². The van der Waals surface area contributed by atoms with Crippen molar-refractivity contribution in [3.8, 4) is 11.5 Å². The summed E-state index contributed by atoms with van der Waals surface area (Å²) in [6.07, 6.45) is 2.93. The number of anilines is 1. The minimum atomic E-state index is -1.29. The van der Waals surface area contributed by atoms with E-state index >= 15 is 0 Å². The van der Waals surface area contributed by atoms with Gasteiger partial charge in [-0.05, 0) is 37.6 Å². The van der Waals surface area contributed by atoms with Gasteiger partial charge in [0.2, 0.25) is 5.72 Å². The third kappa shape index (κ3) is 2.83. The van der Waals surface area contributed by atoms with Gasteiger partial charge in [-0.25, -0.2) is 0 Å². The summed E-state index contributed by atoms with van der Waals surface area (Å²) in [5.41, 5.74) is -2.85. The first-order valence-corrected chi connectivity index (χ1v) is 9.89. The maximum atomic E-state index is 11.7. The van der Waals surface area contributed by atoms with Crippen LogP contribution in [-0.4, -0.2) is 34.7 Å². The summed E-state index contributed by atoms with van der Waals surface area (Å²) in [4.78, 5) is 33.9. The quantitative estimate of drug-likeness (QED) is 0.455. The molecule has 0 saturated carbocycles. The first-order valence-electron chi connectivity index (χ1n) is 9.51. The Hall–Kier alpha value is -3.93. The Morgan fingerprint density at radius 2 is 1.67 bits per heavy atom. The summed E-state index contributed by atoms with van der Waals surface area (Å²) in [5.74, 6) is -0.110. The molecule has 0 amide bonds. The molecule has 0 N–H and O–H groups in total. The van der Waals surface area contributed by atoms with Gasteiger partial charge >= 0.3 is 11.4 Å². The molecule has 1 unspecified atom stereocenters. The highest BCUT2D eigenvalue weighted by atomic mass is 35.5. The summed E-state index contributed by atoms with van der Waals surface area (Å²) < 4.78 is 11.6. The van der Waals surface area contributed by atoms with Crippen molar-refractivity contribution >= 4 is 40.4 Å². The standard InChI is InChI=1S/C20H17ClN4O8/c1-19(2)11-7-12(21)14(23(26)27)8-13(11)22(3)20(19)6-5-10-17(25(30)31)15(24(28)29)9-16(32-4)18(10)33-20/h5-9H,1-4H3. The monoisotopic (exact) mass is 476 g/mol. The number of methoxy groups -OCH3 is 1. The molecule has 0 aliphatic carbocycles. The number of halogens is 1. The zero-order valence-corrected chi connectivity index (χ0v) is 18.6. The fraction of sp³-hybridized carbons (Fsp3) is 0.300. The second-order valence-electron chi connectivity index (χ2n) is 8.10. The fourth-order valence-electron chi connectivity index (χ4n) is 4.54. The smallest absolute Gasteiger partial charge is 0.357 e. The molecule has 2 heterocycles. The number of nitro groups is 3. The van der Waals surface area contributed by atoms with Crippen LogP contribution in [0.25, 0.3) is 6.08 Å². The Kier molecular flexibility index (Phi) is 4.75. The van der Waals surface area contributed by atoms with Gasteiger partial charge in [-0.3, -0.25) is 30.3 Å². The summed E-state index contributed by atoms with van der Waals surface area (Å²) in [6, 6.07) is 3.79. The second-order valence-corrected chi connectivity index (χ2v) is 8.50. The Morgan fingerprint density at radius 3 is 2.21 bits per heavy atom. The molecule has 0 aromatic heterocycles. The molecule has 172 valence electrons. The van der Waals surface area contributed by atoms with Crippen LogP contribution in [0.15, 0.2) is 24.3 Å². The van der Waals surface area contributed by atoms with E-state index in [9.17, 15) is 30.3 Å². The number of hydrogen-bond acceptors (Lipinski definition) is 9. The van der Waals surface area contributed by atoms with Gasteiger partial charge in [0.05, 0.1) is 39.0 Å². The van der Waals surface area contributed by atoms with Crippen LogP contribution in [0.5, 0.6) is 11.5 Å². The predicted molar refractivity (Wildman–Crippen MR) is 118 cm³/mol. The number of ether oxygens (including phenoxy) is 2. The average Bonchev–Trinajstić information content (AvgIpc) is 2.89. The van der Waals surface area contributed by atoms with Gasteiger partial charge < -0.3 is 14.4 Å². The van der Waals surface area contributed by atoms with Crippen molar-refractivity contribution < 1.29 is 24.2 Å². The molecule has 0 saturated heterocycles. The van der Waals surface area contributed by atoms with Crippen LogP contribution >= 0.6 is 11.6 Å². The Morgan fingerprint density at radius 1 is 1.03 bits per heavy atom. The van der Waals surface area contributed by atoms with Crippen molar-refractivity contribution in [2.45, 2.75) is 25.0 Å². The first-order chi connectivity index (χ1) is 15.4. The number of nitrogens with zero attached hydrogens (tertiary/aromatic N) is 4. The number of fused-ring (bicyclic) bond motifs is 2. The van der Waals surface area contributed by atoms with Gasteiger partial charge in [0.15, 0.2) is 11.5 Å². The molecular formula is C20H17ClN4O8. The molecule has 2 aliphatic rings. The van der Waals surface area contributed by atoms with Crippen LogP contribution < -0.4 is 14.4 Å². The molecule has 1 atom stereocenters. The van der Waals surface area contributed by atoms with Crippen molar-refractivity contribution in [2.75, 3.05) is 19.1 Å². The highest BCUT2D eigenvalue weighted by Gasteiger charge is 2.59. The van der Waals surface area contributed by atoms with Crippen molar-refractivity contribution in [3.63, 3.8) is 0 Å². The Labute approximate surface area is 191 Å². The molecule has 12 nitrogen and oxygen atoms in total. The number of likely N-dealkylation sites (N-methyl/N-ethyl adjacent to an activating group) is 1. The molecule has 0 fully saturated rings. The molecular weight excluding hydrogens is 460 g/mol. The molecule has 2 aromatic carbocycles. The zero-order chi connectivity index (χ0) is 24.5. The topological polar surface area (TPSA) is 151 Å². The lowest BCUT2D eigenvalue weighted by Crippen LogP contribution is -2.58. The van der Waals surface area contributed by atoms with Gasteiger partial charge in [0.25, 0.3) is 5.69 Å². The molecule has 0 bridgehead atoms. The molecule has 13 heteroatoms. The number of nitro benzene ring substituents is 3. The lowest BCUT2D eigenvalue weighted by Gasteiger charge is -2.45. The second kappa shape index (κ2) is 7.04. The van der Waals surface area contributed by atoms with Gasteiger partial charge in [-0.1, -0.05) is 11.6 Å². The third-order valence-corrected chi connectivity index (χ3v) is 6.56. The van der Waals surface area contributed by atoms with Crippen LogP contribution in [0, 0.1) is 30.3 Å². The van der Waals surface area contributed by atoms with Crippen molar-refractivity contribution in [2.24, 2.45) is 0 Å². The Balaban J connectivity index is 1.97. The highest BCUT2D eigenvalue weighted by molar-refractivity contribution is 6.33. The SMILES string of the molecule is COc1cc([N+](=O)[O-])c([N+](=O)[O-])c2c1OC1(C=C2)N(C)c2cc([N+](=O)[O-])c(Cl)cc2C1(C)C. The van der Waals surface area contributed by atoms with Crippen molar-refractivity contribution in [1.29, 1.82) is 0 Å². The van der Waals surface area contributed by atoms with Gasteiger partial charge in [0, 0.05) is 13.1 Å². The van der Waals surface area contributed by atoms with Crippen LogP contribution in [0.1, 0.15) is 25.0 Å². The largest absolute Gasteiger partial charge is 0.493 e. The number of benzene rings is 2. The lowest BCUT2D eigenvalue weighted by molar-refractivity contribution is -0.422.